The quantitative estimate of drug-likeness (QED) is 0.786. The predicted octanol–water partition coefficient (Wildman–Crippen LogP) is 3.27. The molecule has 0 radical (unpaired) electrons. The fourth-order valence-corrected chi connectivity index (χ4v) is 4.71. The van der Waals surface area contributed by atoms with Crippen molar-refractivity contribution in [2.45, 2.75) is 49.3 Å². The van der Waals surface area contributed by atoms with Crippen LogP contribution in [-0.2, 0) is 20.2 Å². The molecule has 140 valence electrons. The number of anilines is 1. The third-order valence-electron chi connectivity index (χ3n) is 5.15. The van der Waals surface area contributed by atoms with Crippen molar-refractivity contribution in [1.82, 2.24) is 4.98 Å². The molecule has 3 rings (SSSR count). The van der Waals surface area contributed by atoms with Crippen LogP contribution in [0.1, 0.15) is 44.6 Å². The number of carbonyl (C=O) groups is 1. The van der Waals surface area contributed by atoms with E-state index in [1.165, 1.54) is 36.3 Å². The summed E-state index contributed by atoms with van der Waals surface area (Å²) in [5.41, 5.74) is 0.0169. The van der Waals surface area contributed by atoms with Gasteiger partial charge in [0.1, 0.15) is 0 Å². The first-order chi connectivity index (χ1) is 12.3. The SMILES string of the molecule is CC(CC1CCCC1)(C(=O)Nc1nccs1)c1ccc(S(N)(=O)=O)cc1. The zero-order chi connectivity index (χ0) is 18.8. The largest absolute Gasteiger partial charge is 0.301 e. The third kappa shape index (κ3) is 4.13. The summed E-state index contributed by atoms with van der Waals surface area (Å²) in [7, 11) is -3.76. The molecule has 1 atom stereocenters. The Morgan fingerprint density at radius 2 is 1.96 bits per heavy atom. The number of carbonyl (C=O) groups excluding carboxylic acids is 1. The molecule has 0 aliphatic heterocycles. The van der Waals surface area contributed by atoms with Gasteiger partial charge in [0.05, 0.1) is 10.3 Å². The maximum Gasteiger partial charge on any atom is 0.238 e. The number of rotatable bonds is 6. The van der Waals surface area contributed by atoms with E-state index in [0.717, 1.165) is 24.8 Å². The fraction of sp³-hybridized carbons (Fsp3) is 0.444. The molecule has 2 aromatic rings. The summed E-state index contributed by atoms with van der Waals surface area (Å²) in [6.45, 7) is 1.92. The van der Waals surface area contributed by atoms with Crippen LogP contribution in [-0.4, -0.2) is 19.3 Å². The number of benzene rings is 1. The van der Waals surface area contributed by atoms with Crippen molar-refractivity contribution >= 4 is 32.4 Å². The Kier molecular flexibility index (Phi) is 5.45. The Hall–Kier alpha value is -1.77. The normalized spacial score (nSPS) is 17.8. The molecular weight excluding hydrogens is 370 g/mol. The van der Waals surface area contributed by atoms with Gasteiger partial charge in [-0.1, -0.05) is 37.8 Å². The van der Waals surface area contributed by atoms with Gasteiger partial charge in [0.2, 0.25) is 15.9 Å². The molecule has 8 heteroatoms. The molecule has 26 heavy (non-hydrogen) atoms. The number of hydrogen-bond acceptors (Lipinski definition) is 5. The Morgan fingerprint density at radius 1 is 1.31 bits per heavy atom. The molecule has 0 saturated heterocycles. The summed E-state index contributed by atoms with van der Waals surface area (Å²) in [5.74, 6) is 0.364. The lowest BCUT2D eigenvalue weighted by Gasteiger charge is -2.31. The van der Waals surface area contributed by atoms with E-state index in [9.17, 15) is 13.2 Å². The number of nitrogens with one attached hydrogen (secondary N) is 1. The molecule has 1 heterocycles. The fourth-order valence-electron chi connectivity index (χ4n) is 3.67. The number of nitrogens with zero attached hydrogens (tertiary/aromatic N) is 1. The number of nitrogens with two attached hydrogens (primary N) is 1. The lowest BCUT2D eigenvalue weighted by Crippen LogP contribution is -2.39. The molecule has 0 bridgehead atoms. The highest BCUT2D eigenvalue weighted by molar-refractivity contribution is 7.89. The molecule has 1 unspecified atom stereocenters. The number of amides is 1. The zero-order valence-electron chi connectivity index (χ0n) is 14.6. The zero-order valence-corrected chi connectivity index (χ0v) is 16.3. The van der Waals surface area contributed by atoms with Gasteiger partial charge in [-0.3, -0.25) is 4.79 Å². The minimum atomic E-state index is -3.76. The summed E-state index contributed by atoms with van der Waals surface area (Å²) in [6, 6.07) is 6.31. The van der Waals surface area contributed by atoms with Crippen molar-refractivity contribution in [3.8, 4) is 0 Å². The van der Waals surface area contributed by atoms with Gasteiger partial charge in [0.25, 0.3) is 0 Å². The van der Waals surface area contributed by atoms with Crippen LogP contribution in [0.4, 0.5) is 5.13 Å². The van der Waals surface area contributed by atoms with E-state index in [1.807, 2.05) is 12.3 Å². The Balaban J connectivity index is 1.92. The van der Waals surface area contributed by atoms with Crippen molar-refractivity contribution in [3.63, 3.8) is 0 Å². The van der Waals surface area contributed by atoms with E-state index in [1.54, 1.807) is 18.3 Å². The van der Waals surface area contributed by atoms with Crippen molar-refractivity contribution in [3.05, 3.63) is 41.4 Å². The van der Waals surface area contributed by atoms with Crippen LogP contribution in [0.15, 0.2) is 40.7 Å². The Labute approximate surface area is 157 Å². The van der Waals surface area contributed by atoms with E-state index in [2.05, 4.69) is 10.3 Å². The molecule has 1 fully saturated rings. The van der Waals surface area contributed by atoms with Gasteiger partial charge >= 0.3 is 0 Å². The van der Waals surface area contributed by atoms with Crippen LogP contribution in [0.5, 0.6) is 0 Å². The monoisotopic (exact) mass is 393 g/mol. The van der Waals surface area contributed by atoms with Crippen LogP contribution >= 0.6 is 11.3 Å². The number of thiazole rings is 1. The highest BCUT2D eigenvalue weighted by atomic mass is 32.2. The second kappa shape index (κ2) is 7.46. The molecular formula is C18H23N3O3S2. The van der Waals surface area contributed by atoms with Gasteiger partial charge in [-0.05, 0) is 37.0 Å². The van der Waals surface area contributed by atoms with Gasteiger partial charge in [-0.25, -0.2) is 18.5 Å². The van der Waals surface area contributed by atoms with Crippen LogP contribution in [0.3, 0.4) is 0 Å². The highest BCUT2D eigenvalue weighted by Gasteiger charge is 2.38. The van der Waals surface area contributed by atoms with E-state index in [-0.39, 0.29) is 10.8 Å². The van der Waals surface area contributed by atoms with E-state index < -0.39 is 15.4 Å². The Morgan fingerprint density at radius 3 is 2.50 bits per heavy atom. The molecule has 1 aromatic heterocycles. The standard InChI is InChI=1S/C18H23N3O3S2/c1-18(12-13-4-2-3-5-13,16(22)21-17-20-10-11-25-17)14-6-8-15(9-7-14)26(19,23)24/h6-11,13H,2-5,12H2,1H3,(H2,19,23,24)(H,20,21,22). The Bertz CT molecular complexity index is 858. The van der Waals surface area contributed by atoms with Crippen molar-refractivity contribution in [1.29, 1.82) is 0 Å². The van der Waals surface area contributed by atoms with Gasteiger partial charge < -0.3 is 5.32 Å². The summed E-state index contributed by atoms with van der Waals surface area (Å²) in [5, 5.41) is 10.5. The second-order valence-electron chi connectivity index (χ2n) is 7.05. The molecule has 1 aliphatic rings. The smallest absolute Gasteiger partial charge is 0.238 e. The molecule has 6 nitrogen and oxygen atoms in total. The number of aromatic nitrogens is 1. The van der Waals surface area contributed by atoms with Crippen LogP contribution in [0.2, 0.25) is 0 Å². The van der Waals surface area contributed by atoms with E-state index in [0.29, 0.717) is 11.0 Å². The van der Waals surface area contributed by atoms with E-state index >= 15 is 0 Å². The average molecular weight is 394 g/mol. The average Bonchev–Trinajstić information content (AvgIpc) is 3.28. The third-order valence-corrected chi connectivity index (χ3v) is 6.76. The molecule has 1 amide bonds. The van der Waals surface area contributed by atoms with Crippen LogP contribution < -0.4 is 10.5 Å². The van der Waals surface area contributed by atoms with Crippen LogP contribution in [0, 0.1) is 5.92 Å². The minimum absolute atomic E-state index is 0.0461. The van der Waals surface area contributed by atoms with Gasteiger partial charge in [0.15, 0.2) is 5.13 Å². The maximum absolute atomic E-state index is 13.1. The number of hydrogen-bond donors (Lipinski definition) is 2. The molecule has 1 saturated carbocycles. The molecule has 1 aromatic carbocycles. The molecule has 0 spiro atoms. The summed E-state index contributed by atoms with van der Waals surface area (Å²) in [6.07, 6.45) is 7.00. The van der Waals surface area contributed by atoms with Gasteiger partial charge in [-0.15, -0.1) is 11.3 Å². The lowest BCUT2D eigenvalue weighted by atomic mass is 9.74. The van der Waals surface area contributed by atoms with Crippen molar-refractivity contribution in [2.75, 3.05) is 5.32 Å². The highest BCUT2D eigenvalue weighted by Crippen LogP contribution is 2.39. The second-order valence-corrected chi connectivity index (χ2v) is 9.50. The summed E-state index contributed by atoms with van der Waals surface area (Å²) in [4.78, 5) is 17.3. The maximum atomic E-state index is 13.1. The number of sulfonamides is 1. The van der Waals surface area contributed by atoms with Crippen molar-refractivity contribution in [2.24, 2.45) is 11.1 Å². The van der Waals surface area contributed by atoms with E-state index in [4.69, 9.17) is 5.14 Å². The summed E-state index contributed by atoms with van der Waals surface area (Å²) >= 11 is 1.37. The first-order valence-electron chi connectivity index (χ1n) is 8.63. The lowest BCUT2D eigenvalue weighted by molar-refractivity contribution is -0.121. The first kappa shape index (κ1) is 19.0. The molecule has 1 aliphatic carbocycles. The molecule has 3 N–H and O–H groups in total. The minimum Gasteiger partial charge on any atom is -0.301 e. The summed E-state index contributed by atoms with van der Waals surface area (Å²) < 4.78 is 23.0. The predicted molar refractivity (Wildman–Crippen MR) is 102 cm³/mol. The van der Waals surface area contributed by atoms with Crippen molar-refractivity contribution < 1.29 is 13.2 Å². The van der Waals surface area contributed by atoms with Crippen LogP contribution in [0.25, 0.3) is 0 Å². The number of primary sulfonamides is 1. The van der Waals surface area contributed by atoms with Gasteiger partial charge in [-0.2, -0.15) is 0 Å². The van der Waals surface area contributed by atoms with Gasteiger partial charge in [0, 0.05) is 11.6 Å². The first-order valence-corrected chi connectivity index (χ1v) is 11.1. The topological polar surface area (TPSA) is 102 Å².